The number of carbonyl (C=O) groups is 2. The Bertz CT molecular complexity index is 633. The van der Waals surface area contributed by atoms with Crippen molar-refractivity contribution in [3.05, 3.63) is 11.1 Å². The summed E-state index contributed by atoms with van der Waals surface area (Å²) in [7, 11) is 0. The first kappa shape index (κ1) is 16.6. The van der Waals surface area contributed by atoms with E-state index in [1.165, 1.54) is 24.2 Å². The molecule has 1 aliphatic carbocycles. The monoisotopic (exact) mass is 365 g/mol. The van der Waals surface area contributed by atoms with Crippen LogP contribution < -0.4 is 5.32 Å². The van der Waals surface area contributed by atoms with Crippen LogP contribution in [0.2, 0.25) is 0 Å². The number of hydrogen-bond donors (Lipinski definition) is 1. The summed E-state index contributed by atoms with van der Waals surface area (Å²) in [6.07, 6.45) is 2.41. The van der Waals surface area contributed by atoms with Crippen molar-refractivity contribution in [3.63, 3.8) is 0 Å². The Labute approximate surface area is 150 Å². The van der Waals surface area contributed by atoms with Gasteiger partial charge in [-0.25, -0.2) is 14.6 Å². The number of piperazine rings is 1. The maximum absolute atomic E-state index is 12.5. The van der Waals surface area contributed by atoms with Gasteiger partial charge in [-0.05, 0) is 12.8 Å². The van der Waals surface area contributed by atoms with Gasteiger partial charge in [-0.15, -0.1) is 11.3 Å². The largest absolute Gasteiger partial charge is 0.378 e. The highest BCUT2D eigenvalue weighted by Crippen LogP contribution is 2.40. The molecule has 3 aliphatic rings. The van der Waals surface area contributed by atoms with Crippen molar-refractivity contribution in [3.8, 4) is 0 Å². The lowest BCUT2D eigenvalue weighted by atomic mass is 10.3. The topological polar surface area (TPSA) is 78.0 Å². The number of hydrogen-bond acceptors (Lipinski definition) is 5. The smallest absolute Gasteiger partial charge is 0.323 e. The molecule has 3 fully saturated rings. The second kappa shape index (κ2) is 7.17. The molecule has 0 bridgehead atoms. The Kier molecular flexibility index (Phi) is 4.76. The van der Waals surface area contributed by atoms with E-state index >= 15 is 0 Å². The molecule has 0 unspecified atom stereocenters. The second-order valence-corrected chi connectivity index (χ2v) is 7.50. The Balaban J connectivity index is 1.25. The number of urea groups is 2. The summed E-state index contributed by atoms with van der Waals surface area (Å²) in [5.41, 5.74) is 1.10. The van der Waals surface area contributed by atoms with Crippen molar-refractivity contribution in [1.29, 1.82) is 0 Å². The van der Waals surface area contributed by atoms with Crippen molar-refractivity contribution in [2.75, 3.05) is 57.8 Å². The number of nitrogens with zero attached hydrogens (tertiary/aromatic N) is 4. The zero-order chi connectivity index (χ0) is 17.2. The van der Waals surface area contributed by atoms with Crippen LogP contribution in [0.5, 0.6) is 0 Å². The Morgan fingerprint density at radius 2 is 1.68 bits per heavy atom. The number of ether oxygens (including phenoxy) is 1. The maximum Gasteiger partial charge on any atom is 0.323 e. The lowest BCUT2D eigenvalue weighted by molar-refractivity contribution is 0.0394. The van der Waals surface area contributed by atoms with E-state index in [0.29, 0.717) is 63.5 Å². The molecule has 0 radical (unpaired) electrons. The van der Waals surface area contributed by atoms with Gasteiger partial charge in [-0.2, -0.15) is 0 Å². The van der Waals surface area contributed by atoms with E-state index in [1.54, 1.807) is 4.90 Å². The fraction of sp³-hybridized carbons (Fsp3) is 0.688. The normalized spacial score (nSPS) is 21.4. The molecule has 4 rings (SSSR count). The average molecular weight is 365 g/mol. The first-order chi connectivity index (χ1) is 12.2. The van der Waals surface area contributed by atoms with E-state index in [4.69, 9.17) is 4.74 Å². The van der Waals surface area contributed by atoms with Crippen LogP contribution in [0, 0.1) is 0 Å². The highest BCUT2D eigenvalue weighted by molar-refractivity contribution is 7.13. The molecular formula is C16H23N5O3S. The highest BCUT2D eigenvalue weighted by atomic mass is 32.1. The van der Waals surface area contributed by atoms with Gasteiger partial charge in [-0.1, -0.05) is 0 Å². The van der Waals surface area contributed by atoms with Crippen LogP contribution in [0.1, 0.15) is 24.5 Å². The standard InChI is InChI=1S/C16H23N5O3S/c22-15(18-14-17-13(11-25-14)12-1-2-12)19-3-5-20(6-4-19)16(23)21-7-9-24-10-8-21/h11-12H,1-10H2,(H,17,18,22). The molecule has 1 N–H and O–H groups in total. The van der Waals surface area contributed by atoms with Crippen LogP contribution in [0.3, 0.4) is 0 Å². The van der Waals surface area contributed by atoms with Crippen molar-refractivity contribution >= 4 is 28.5 Å². The number of morpholine rings is 1. The van der Waals surface area contributed by atoms with Gasteiger partial charge in [0, 0.05) is 50.6 Å². The fourth-order valence-corrected chi connectivity index (χ4v) is 3.92. The lowest BCUT2D eigenvalue weighted by Gasteiger charge is -2.38. The first-order valence-corrected chi connectivity index (χ1v) is 9.71. The van der Waals surface area contributed by atoms with Gasteiger partial charge in [0.05, 0.1) is 18.9 Å². The van der Waals surface area contributed by atoms with Crippen LogP contribution in [0.15, 0.2) is 5.38 Å². The van der Waals surface area contributed by atoms with Gasteiger partial charge in [0.25, 0.3) is 0 Å². The SMILES string of the molecule is O=C(Nc1nc(C2CC2)cs1)N1CCN(C(=O)N2CCOCC2)CC1. The van der Waals surface area contributed by atoms with Crippen LogP contribution in [0.4, 0.5) is 14.7 Å². The van der Waals surface area contributed by atoms with Crippen LogP contribution in [-0.4, -0.2) is 84.2 Å². The number of nitrogens with one attached hydrogen (secondary N) is 1. The van der Waals surface area contributed by atoms with E-state index in [-0.39, 0.29) is 12.1 Å². The third kappa shape index (κ3) is 3.87. The van der Waals surface area contributed by atoms with Crippen molar-refractivity contribution in [2.45, 2.75) is 18.8 Å². The number of rotatable bonds is 2. The van der Waals surface area contributed by atoms with Crippen LogP contribution in [0.25, 0.3) is 0 Å². The predicted molar refractivity (Wildman–Crippen MR) is 94.0 cm³/mol. The summed E-state index contributed by atoms with van der Waals surface area (Å²) in [5.74, 6) is 0.594. The molecular weight excluding hydrogens is 342 g/mol. The number of anilines is 1. The summed E-state index contributed by atoms with van der Waals surface area (Å²) >= 11 is 1.48. The van der Waals surface area contributed by atoms with Crippen LogP contribution in [-0.2, 0) is 4.74 Å². The Hall–Kier alpha value is -1.87. The summed E-state index contributed by atoms with van der Waals surface area (Å²) in [5, 5.41) is 5.59. The summed E-state index contributed by atoms with van der Waals surface area (Å²) < 4.78 is 5.28. The molecule has 3 heterocycles. The minimum absolute atomic E-state index is 0.0531. The number of carbonyl (C=O) groups excluding carboxylic acids is 2. The van der Waals surface area contributed by atoms with E-state index in [2.05, 4.69) is 10.3 Å². The third-order valence-electron chi connectivity index (χ3n) is 4.85. The van der Waals surface area contributed by atoms with E-state index in [0.717, 1.165) is 5.69 Å². The molecule has 9 heteroatoms. The summed E-state index contributed by atoms with van der Waals surface area (Å²) in [6, 6.07) is -0.0764. The molecule has 2 aliphatic heterocycles. The minimum atomic E-state index is -0.129. The van der Waals surface area contributed by atoms with Crippen molar-refractivity contribution in [2.24, 2.45) is 0 Å². The van der Waals surface area contributed by atoms with Gasteiger partial charge in [0.15, 0.2) is 5.13 Å². The van der Waals surface area contributed by atoms with Gasteiger partial charge >= 0.3 is 12.1 Å². The molecule has 4 amide bonds. The molecule has 2 saturated heterocycles. The summed E-state index contributed by atoms with van der Waals surface area (Å²) in [4.78, 5) is 34.7. The first-order valence-electron chi connectivity index (χ1n) is 8.83. The average Bonchev–Trinajstić information content (AvgIpc) is 3.41. The van der Waals surface area contributed by atoms with Gasteiger partial charge in [0.2, 0.25) is 0 Å². The van der Waals surface area contributed by atoms with E-state index in [1.807, 2.05) is 15.2 Å². The predicted octanol–water partition coefficient (Wildman–Crippen LogP) is 1.62. The zero-order valence-electron chi connectivity index (χ0n) is 14.1. The maximum atomic E-state index is 12.5. The number of aromatic nitrogens is 1. The molecule has 0 atom stereocenters. The molecule has 1 aromatic rings. The third-order valence-corrected chi connectivity index (χ3v) is 5.63. The zero-order valence-corrected chi connectivity index (χ0v) is 15.0. The quantitative estimate of drug-likeness (QED) is 0.864. The molecule has 8 nitrogen and oxygen atoms in total. The van der Waals surface area contributed by atoms with Crippen molar-refractivity contribution < 1.29 is 14.3 Å². The summed E-state index contributed by atoms with van der Waals surface area (Å²) in [6.45, 7) is 4.71. The molecule has 136 valence electrons. The highest BCUT2D eigenvalue weighted by Gasteiger charge is 2.29. The molecule has 1 aromatic heterocycles. The molecule has 25 heavy (non-hydrogen) atoms. The van der Waals surface area contributed by atoms with Gasteiger partial charge in [0.1, 0.15) is 0 Å². The molecule has 0 spiro atoms. The van der Waals surface area contributed by atoms with E-state index < -0.39 is 0 Å². The van der Waals surface area contributed by atoms with E-state index in [9.17, 15) is 9.59 Å². The Morgan fingerprint density at radius 1 is 1.04 bits per heavy atom. The number of thiazole rings is 1. The minimum Gasteiger partial charge on any atom is -0.378 e. The van der Waals surface area contributed by atoms with Crippen LogP contribution >= 0.6 is 11.3 Å². The lowest BCUT2D eigenvalue weighted by Crippen LogP contribution is -2.56. The molecule has 1 saturated carbocycles. The number of amides is 4. The Morgan fingerprint density at radius 3 is 2.36 bits per heavy atom. The molecule has 0 aromatic carbocycles. The van der Waals surface area contributed by atoms with Crippen molar-refractivity contribution in [1.82, 2.24) is 19.7 Å². The second-order valence-electron chi connectivity index (χ2n) is 6.64. The van der Waals surface area contributed by atoms with Gasteiger partial charge in [-0.3, -0.25) is 5.32 Å². The van der Waals surface area contributed by atoms with Gasteiger partial charge < -0.3 is 19.4 Å². The fourth-order valence-electron chi connectivity index (χ4n) is 3.14.